The molecule has 1 fully saturated rings. The Labute approximate surface area is 128 Å². The van der Waals surface area contributed by atoms with Crippen molar-refractivity contribution in [2.75, 3.05) is 19.6 Å². The van der Waals surface area contributed by atoms with Gasteiger partial charge in [-0.1, -0.05) is 26.0 Å². The number of piperidine rings is 1. The van der Waals surface area contributed by atoms with Crippen molar-refractivity contribution in [1.29, 1.82) is 0 Å². The highest BCUT2D eigenvalue weighted by Gasteiger charge is 2.26. The highest BCUT2D eigenvalue weighted by Crippen LogP contribution is 2.32. The van der Waals surface area contributed by atoms with Gasteiger partial charge in [0.05, 0.1) is 6.20 Å². The molecule has 1 aliphatic heterocycles. The summed E-state index contributed by atoms with van der Waals surface area (Å²) in [4.78, 5) is 2.70. The minimum atomic E-state index is 0.567. The Kier molecular flexibility index (Phi) is 4.79. The number of nitrogens with one attached hydrogen (secondary N) is 1. The van der Waals surface area contributed by atoms with Crippen LogP contribution in [0.4, 0.5) is 0 Å². The van der Waals surface area contributed by atoms with Crippen LogP contribution in [-0.4, -0.2) is 34.7 Å². The number of hydrogen-bond donors (Lipinski definition) is 1. The summed E-state index contributed by atoms with van der Waals surface area (Å²) in [7, 11) is 0. The zero-order valence-electron chi connectivity index (χ0n) is 13.5. The molecule has 0 aromatic carbocycles. The number of rotatable bonds is 4. The van der Waals surface area contributed by atoms with Crippen LogP contribution in [0, 0.1) is 5.92 Å². The normalized spacial score (nSPS) is 27.4. The molecule has 1 N–H and O–H groups in total. The van der Waals surface area contributed by atoms with Crippen molar-refractivity contribution in [1.82, 2.24) is 15.1 Å². The van der Waals surface area contributed by atoms with E-state index in [1.54, 1.807) is 0 Å². The Bertz CT molecular complexity index is 475. The predicted octanol–water partition coefficient (Wildman–Crippen LogP) is 4.07. The molecule has 3 rings (SSSR count). The first-order chi connectivity index (χ1) is 10.2. The van der Waals surface area contributed by atoms with E-state index >= 15 is 0 Å². The molecule has 1 aliphatic carbocycles. The second-order valence-corrected chi connectivity index (χ2v) is 7.14. The molecule has 1 saturated heterocycles. The molecule has 2 heterocycles. The molecule has 3 heteroatoms. The third-order valence-corrected chi connectivity index (χ3v) is 5.13. The Morgan fingerprint density at radius 2 is 2.24 bits per heavy atom. The lowest BCUT2D eigenvalue weighted by Gasteiger charge is -2.35. The number of aromatic amines is 1. The maximum atomic E-state index is 4.31. The smallest absolute Gasteiger partial charge is 0.0524 e. The number of likely N-dealkylation sites (tertiary alicyclic amines) is 1. The molecule has 2 unspecified atom stereocenters. The average Bonchev–Trinajstić information content (AvgIpc) is 2.98. The third kappa shape index (κ3) is 3.57. The van der Waals surface area contributed by atoms with Gasteiger partial charge in [-0.3, -0.25) is 5.10 Å². The predicted molar refractivity (Wildman–Crippen MR) is 87.6 cm³/mol. The van der Waals surface area contributed by atoms with Gasteiger partial charge in [-0.05, 0) is 56.0 Å². The summed E-state index contributed by atoms with van der Waals surface area (Å²) in [5.41, 5.74) is 2.82. The van der Waals surface area contributed by atoms with Crippen molar-refractivity contribution in [3.8, 4) is 0 Å². The van der Waals surface area contributed by atoms with E-state index in [1.807, 2.05) is 6.20 Å². The van der Waals surface area contributed by atoms with Gasteiger partial charge >= 0.3 is 0 Å². The van der Waals surface area contributed by atoms with E-state index in [1.165, 1.54) is 63.0 Å². The summed E-state index contributed by atoms with van der Waals surface area (Å²) < 4.78 is 0. The summed E-state index contributed by atoms with van der Waals surface area (Å²) in [6.07, 6.45) is 13.3. The van der Waals surface area contributed by atoms with Crippen molar-refractivity contribution in [3.63, 3.8) is 0 Å². The molecular weight excluding hydrogens is 258 g/mol. The van der Waals surface area contributed by atoms with E-state index in [9.17, 15) is 0 Å². The van der Waals surface area contributed by atoms with E-state index in [4.69, 9.17) is 0 Å². The van der Waals surface area contributed by atoms with Crippen molar-refractivity contribution in [3.05, 3.63) is 29.6 Å². The van der Waals surface area contributed by atoms with Gasteiger partial charge in [0.15, 0.2) is 0 Å². The van der Waals surface area contributed by atoms with E-state index in [0.29, 0.717) is 11.8 Å². The average molecular weight is 287 g/mol. The summed E-state index contributed by atoms with van der Waals surface area (Å²) in [6, 6.07) is 0. The molecule has 0 spiro atoms. The van der Waals surface area contributed by atoms with Crippen LogP contribution in [0.25, 0.3) is 0 Å². The zero-order chi connectivity index (χ0) is 14.7. The number of hydrogen-bond acceptors (Lipinski definition) is 2. The van der Waals surface area contributed by atoms with E-state index in [-0.39, 0.29) is 0 Å². The van der Waals surface area contributed by atoms with Gasteiger partial charge in [0.25, 0.3) is 0 Å². The van der Waals surface area contributed by atoms with Crippen LogP contribution in [0.2, 0.25) is 0 Å². The number of H-pyrrole nitrogens is 1. The Morgan fingerprint density at radius 3 is 3.00 bits per heavy atom. The second-order valence-electron chi connectivity index (χ2n) is 7.14. The monoisotopic (exact) mass is 287 g/mol. The highest BCUT2D eigenvalue weighted by molar-refractivity contribution is 5.24. The minimum Gasteiger partial charge on any atom is -0.302 e. The zero-order valence-corrected chi connectivity index (χ0v) is 13.5. The van der Waals surface area contributed by atoms with Gasteiger partial charge in [-0.25, -0.2) is 0 Å². The maximum absolute atomic E-state index is 4.31. The molecule has 0 radical (unpaired) electrons. The summed E-state index contributed by atoms with van der Waals surface area (Å²) in [5, 5.41) is 7.60. The molecule has 116 valence electrons. The van der Waals surface area contributed by atoms with Gasteiger partial charge in [0.2, 0.25) is 0 Å². The molecule has 2 aliphatic rings. The molecular formula is C18H29N3. The van der Waals surface area contributed by atoms with Crippen LogP contribution in [0.5, 0.6) is 0 Å². The fourth-order valence-electron chi connectivity index (χ4n) is 3.94. The molecule has 21 heavy (non-hydrogen) atoms. The van der Waals surface area contributed by atoms with Gasteiger partial charge in [-0.2, -0.15) is 5.10 Å². The minimum absolute atomic E-state index is 0.567. The fourth-order valence-corrected chi connectivity index (χ4v) is 3.94. The lowest BCUT2D eigenvalue weighted by molar-refractivity contribution is 0.172. The van der Waals surface area contributed by atoms with E-state index < -0.39 is 0 Å². The van der Waals surface area contributed by atoms with Crippen molar-refractivity contribution < 1.29 is 0 Å². The van der Waals surface area contributed by atoms with E-state index in [2.05, 4.69) is 41.1 Å². The molecule has 0 amide bonds. The molecule has 3 nitrogen and oxygen atoms in total. The van der Waals surface area contributed by atoms with Crippen molar-refractivity contribution in [2.24, 2.45) is 5.92 Å². The molecule has 0 saturated carbocycles. The first-order valence-electron chi connectivity index (χ1n) is 8.64. The number of allylic oxidation sites excluding steroid dienone is 2. The maximum Gasteiger partial charge on any atom is 0.0524 e. The first kappa shape index (κ1) is 14.8. The molecule has 0 bridgehead atoms. The van der Waals surface area contributed by atoms with Crippen LogP contribution >= 0.6 is 0 Å². The SMILES string of the molecule is CC(C)c1cn[nH]c1C1CCCN(CC2CC=CCC2)C1. The Hall–Kier alpha value is -1.09. The fraction of sp³-hybridized carbons (Fsp3) is 0.722. The van der Waals surface area contributed by atoms with E-state index in [0.717, 1.165) is 5.92 Å². The lowest BCUT2D eigenvalue weighted by atomic mass is 9.88. The number of aromatic nitrogens is 2. The van der Waals surface area contributed by atoms with Crippen molar-refractivity contribution in [2.45, 2.75) is 57.8 Å². The highest BCUT2D eigenvalue weighted by atomic mass is 15.2. The molecule has 1 aromatic rings. The lowest BCUT2D eigenvalue weighted by Crippen LogP contribution is -2.38. The van der Waals surface area contributed by atoms with Crippen LogP contribution < -0.4 is 0 Å². The van der Waals surface area contributed by atoms with Gasteiger partial charge < -0.3 is 4.90 Å². The van der Waals surface area contributed by atoms with Crippen molar-refractivity contribution >= 4 is 0 Å². The summed E-state index contributed by atoms with van der Waals surface area (Å²) in [6.45, 7) is 8.31. The topological polar surface area (TPSA) is 31.9 Å². The first-order valence-corrected chi connectivity index (χ1v) is 8.64. The largest absolute Gasteiger partial charge is 0.302 e. The Balaban J connectivity index is 1.62. The summed E-state index contributed by atoms with van der Waals surface area (Å²) >= 11 is 0. The second kappa shape index (κ2) is 6.78. The van der Waals surface area contributed by atoms with Crippen LogP contribution in [0.3, 0.4) is 0 Å². The number of nitrogens with zero attached hydrogens (tertiary/aromatic N) is 2. The quantitative estimate of drug-likeness (QED) is 0.847. The van der Waals surface area contributed by atoms with Crippen LogP contribution in [0.1, 0.15) is 69.0 Å². The standard InChI is InChI=1S/C18H29N3/c1-14(2)17-11-19-20-18(17)16-9-6-10-21(13-16)12-15-7-4-3-5-8-15/h3-4,11,14-16H,5-10,12-13H2,1-2H3,(H,19,20). The van der Waals surface area contributed by atoms with Crippen LogP contribution in [0.15, 0.2) is 18.3 Å². The van der Waals surface area contributed by atoms with Crippen LogP contribution in [-0.2, 0) is 0 Å². The Morgan fingerprint density at radius 1 is 1.33 bits per heavy atom. The van der Waals surface area contributed by atoms with Gasteiger partial charge in [0, 0.05) is 24.7 Å². The molecule has 2 atom stereocenters. The summed E-state index contributed by atoms with van der Waals surface area (Å²) in [5.74, 6) is 2.09. The van der Waals surface area contributed by atoms with Gasteiger partial charge in [0.1, 0.15) is 0 Å². The third-order valence-electron chi connectivity index (χ3n) is 5.13. The van der Waals surface area contributed by atoms with Gasteiger partial charge in [-0.15, -0.1) is 0 Å². The molecule has 1 aromatic heterocycles.